The summed E-state index contributed by atoms with van der Waals surface area (Å²) in [4.78, 5) is 54.2. The van der Waals surface area contributed by atoms with Crippen molar-refractivity contribution in [1.29, 1.82) is 0 Å². The van der Waals surface area contributed by atoms with Gasteiger partial charge in [-0.2, -0.15) is 0 Å². The molecule has 66 heavy (non-hydrogen) atoms. The van der Waals surface area contributed by atoms with E-state index in [4.69, 9.17) is 18.5 Å². The zero-order valence-corrected chi connectivity index (χ0v) is 40.7. The van der Waals surface area contributed by atoms with E-state index in [0.717, 1.165) is 51.4 Å². The maximum Gasteiger partial charge on any atom is 0.472 e. The van der Waals surface area contributed by atoms with Crippen molar-refractivity contribution < 1.29 is 82.0 Å². The van der Waals surface area contributed by atoms with Gasteiger partial charge in [-0.25, -0.2) is 9.13 Å². The van der Waals surface area contributed by atoms with E-state index in [1.165, 1.54) is 38.5 Å². The summed E-state index contributed by atoms with van der Waals surface area (Å²) in [6, 6.07) is 0. The number of hydrogen-bond acceptors (Lipinski definition) is 14. The molecule has 1 fully saturated rings. The lowest BCUT2D eigenvalue weighted by Gasteiger charge is -2.43. The molecule has 17 nitrogen and oxygen atoms in total. The normalized spacial score (nSPS) is 22.6. The number of phosphoric ester groups is 2. The molecule has 9 atom stereocenters. The second-order valence-electron chi connectivity index (χ2n) is 16.3. The van der Waals surface area contributed by atoms with Gasteiger partial charge in [-0.05, 0) is 64.2 Å². The average molecular weight is 979 g/mol. The Balaban J connectivity index is 2.65. The predicted octanol–water partition coefficient (Wildman–Crippen LogP) is 7.81. The molecule has 0 amide bonds. The molecule has 380 valence electrons. The lowest BCUT2D eigenvalue weighted by Crippen LogP contribution is -2.64. The highest BCUT2D eigenvalue weighted by Gasteiger charge is 2.54. The molecule has 6 unspecified atom stereocenters. The number of ether oxygens (including phenoxy) is 2. The van der Waals surface area contributed by atoms with E-state index in [0.29, 0.717) is 32.1 Å². The minimum Gasteiger partial charge on any atom is -0.462 e. The third-order valence-electron chi connectivity index (χ3n) is 10.4. The Morgan fingerprint density at radius 3 is 1.70 bits per heavy atom. The maximum absolute atomic E-state index is 13.0. The lowest BCUT2D eigenvalue weighted by molar-refractivity contribution is -0.216. The van der Waals surface area contributed by atoms with Crippen LogP contribution < -0.4 is 0 Å². The van der Waals surface area contributed by atoms with Gasteiger partial charge in [0.15, 0.2) is 6.10 Å². The fourth-order valence-corrected chi connectivity index (χ4v) is 8.27. The number of aliphatic hydroxyl groups excluding tert-OH is 5. The van der Waals surface area contributed by atoms with Gasteiger partial charge in [0, 0.05) is 12.8 Å². The number of allylic oxidation sites excluding steroid dienone is 10. The number of aliphatic hydroxyl groups is 5. The Morgan fingerprint density at radius 2 is 1.08 bits per heavy atom. The summed E-state index contributed by atoms with van der Waals surface area (Å²) in [5, 5.41) is 51.0. The summed E-state index contributed by atoms with van der Waals surface area (Å²) < 4.78 is 49.3. The largest absolute Gasteiger partial charge is 0.472 e. The van der Waals surface area contributed by atoms with Gasteiger partial charge in [0.2, 0.25) is 0 Å². The Labute approximate surface area is 392 Å². The molecule has 1 aliphatic carbocycles. The number of carbonyl (C=O) groups is 2. The van der Waals surface area contributed by atoms with E-state index in [1.807, 2.05) is 61.6 Å². The van der Waals surface area contributed by atoms with Gasteiger partial charge in [0.25, 0.3) is 0 Å². The highest BCUT2D eigenvalue weighted by molar-refractivity contribution is 7.47. The SMILES string of the molecule is CC/C=C\CCCCCCCCCCCCCC(=O)OC[C@H](COP(=O)(O)O[C@H]1C(O)C(O)C(O)[C@@H](OP(=O)(O)O)C1O)OC(=O)CCC/C=C\C/C=C\C/C=C\C=C\CC(O)/C=C\CC. The van der Waals surface area contributed by atoms with Crippen LogP contribution in [0, 0.1) is 0 Å². The van der Waals surface area contributed by atoms with Crippen LogP contribution in [0.5, 0.6) is 0 Å². The monoisotopic (exact) mass is 978 g/mol. The van der Waals surface area contributed by atoms with Gasteiger partial charge in [0.05, 0.1) is 12.7 Å². The zero-order chi connectivity index (χ0) is 49.1. The van der Waals surface area contributed by atoms with E-state index in [2.05, 4.69) is 23.6 Å². The molecule has 1 rings (SSSR count). The molecule has 0 aromatic heterocycles. The third kappa shape index (κ3) is 31.4. The number of unbranched alkanes of at least 4 members (excludes halogenated alkanes) is 12. The van der Waals surface area contributed by atoms with Crippen LogP contribution in [0.2, 0.25) is 0 Å². The predicted molar refractivity (Wildman–Crippen MR) is 252 cm³/mol. The van der Waals surface area contributed by atoms with Crippen LogP contribution in [0.4, 0.5) is 0 Å². The fourth-order valence-electron chi connectivity index (χ4n) is 6.73. The van der Waals surface area contributed by atoms with E-state index in [1.54, 1.807) is 6.08 Å². The first-order chi connectivity index (χ1) is 31.5. The standard InChI is InChI=1S/C47H80O17P2/c1-3-5-7-8-9-10-11-12-13-14-18-21-24-27-30-34-40(49)60-36-39(37-61-66(58,59)64-47-44(53)42(51)43(52)46(45(47)54)63-65(55,56)57)62-41(50)35-31-28-25-22-19-16-15-17-20-23-26-29-33-38(48)32-6-4-2/h5-7,15-16,20,22-23,25-26,29,32,38-39,42-48,51-54H,3-4,8-14,17-19,21,24,27-28,30-31,33-37H2,1-2H3,(H,58,59)(H2,55,56,57)/b7-5-,16-15-,23-20-,25-22-,29-26+,32-6-/t38?,39-,42?,43?,44?,45?,46-,47+/m1/s1. The van der Waals surface area contributed by atoms with Gasteiger partial charge in [-0.3, -0.25) is 23.2 Å². The number of rotatable bonds is 38. The van der Waals surface area contributed by atoms with Crippen LogP contribution in [0.25, 0.3) is 0 Å². The van der Waals surface area contributed by atoms with Crippen molar-refractivity contribution in [3.8, 4) is 0 Å². The highest BCUT2D eigenvalue weighted by Crippen LogP contribution is 2.49. The van der Waals surface area contributed by atoms with Crippen molar-refractivity contribution in [2.24, 2.45) is 0 Å². The third-order valence-corrected chi connectivity index (χ3v) is 11.9. The highest BCUT2D eigenvalue weighted by atomic mass is 31.2. The molecule has 8 N–H and O–H groups in total. The van der Waals surface area contributed by atoms with Crippen molar-refractivity contribution in [3.05, 3.63) is 72.9 Å². The quantitative estimate of drug-likeness (QED) is 0.00963. The van der Waals surface area contributed by atoms with E-state index in [9.17, 15) is 58.9 Å². The van der Waals surface area contributed by atoms with E-state index < -0.39 is 89.6 Å². The summed E-state index contributed by atoms with van der Waals surface area (Å²) in [6.45, 7) is 2.73. The molecular formula is C47H80O17P2. The Morgan fingerprint density at radius 1 is 0.561 bits per heavy atom. The van der Waals surface area contributed by atoms with Crippen molar-refractivity contribution in [2.75, 3.05) is 13.2 Å². The summed E-state index contributed by atoms with van der Waals surface area (Å²) >= 11 is 0. The van der Waals surface area contributed by atoms with Gasteiger partial charge in [-0.15, -0.1) is 0 Å². The van der Waals surface area contributed by atoms with Crippen LogP contribution in [-0.2, 0) is 41.8 Å². The molecular weight excluding hydrogens is 898 g/mol. The first-order valence-electron chi connectivity index (χ1n) is 23.6. The molecule has 0 spiro atoms. The van der Waals surface area contributed by atoms with Crippen LogP contribution in [0.3, 0.4) is 0 Å². The second kappa shape index (κ2) is 37.3. The summed E-state index contributed by atoms with van der Waals surface area (Å²) in [5.74, 6) is -1.30. The minimum absolute atomic E-state index is 0.0548. The second-order valence-corrected chi connectivity index (χ2v) is 18.9. The molecule has 0 aromatic carbocycles. The molecule has 0 saturated heterocycles. The van der Waals surface area contributed by atoms with E-state index in [-0.39, 0.29) is 12.8 Å². The molecule has 0 radical (unpaired) electrons. The van der Waals surface area contributed by atoms with Crippen LogP contribution >= 0.6 is 15.6 Å². The average Bonchev–Trinajstić information content (AvgIpc) is 3.27. The van der Waals surface area contributed by atoms with Gasteiger partial charge >= 0.3 is 27.6 Å². The molecule has 1 aliphatic rings. The van der Waals surface area contributed by atoms with Gasteiger partial charge in [-0.1, -0.05) is 145 Å². The summed E-state index contributed by atoms with van der Waals surface area (Å²) in [6.07, 6.45) is 26.4. The number of esters is 2. The zero-order valence-electron chi connectivity index (χ0n) is 39.0. The summed E-state index contributed by atoms with van der Waals surface area (Å²) in [7, 11) is -10.7. The maximum atomic E-state index is 13.0. The number of hydrogen-bond donors (Lipinski definition) is 8. The van der Waals surface area contributed by atoms with Crippen LogP contribution in [-0.4, -0.2) is 114 Å². The molecule has 0 aromatic rings. The first kappa shape index (κ1) is 61.4. The van der Waals surface area contributed by atoms with Gasteiger partial charge in [0.1, 0.15) is 43.2 Å². The number of carbonyl (C=O) groups excluding carboxylic acids is 2. The Kier molecular flexibility index (Phi) is 34.7. The molecule has 0 bridgehead atoms. The molecule has 0 aliphatic heterocycles. The molecule has 19 heteroatoms. The van der Waals surface area contributed by atoms with E-state index >= 15 is 0 Å². The van der Waals surface area contributed by atoms with Gasteiger partial charge < -0.3 is 49.7 Å². The smallest absolute Gasteiger partial charge is 0.462 e. The van der Waals surface area contributed by atoms with Crippen molar-refractivity contribution >= 4 is 27.6 Å². The topological polar surface area (TPSA) is 276 Å². The summed E-state index contributed by atoms with van der Waals surface area (Å²) in [5.41, 5.74) is 0. The first-order valence-corrected chi connectivity index (χ1v) is 26.6. The van der Waals surface area contributed by atoms with Crippen molar-refractivity contribution in [2.45, 2.75) is 198 Å². The fraction of sp³-hybridized carbons (Fsp3) is 0.702. The molecule has 1 saturated carbocycles. The van der Waals surface area contributed by atoms with Crippen LogP contribution in [0.15, 0.2) is 72.9 Å². The Hall–Kier alpha value is -2.60. The molecule has 0 heterocycles. The minimum atomic E-state index is -5.38. The van der Waals surface area contributed by atoms with Crippen molar-refractivity contribution in [1.82, 2.24) is 0 Å². The lowest BCUT2D eigenvalue weighted by atomic mass is 9.85. The van der Waals surface area contributed by atoms with Crippen molar-refractivity contribution in [3.63, 3.8) is 0 Å². The Bertz CT molecular complexity index is 1570. The number of phosphoric acid groups is 2. The van der Waals surface area contributed by atoms with Crippen LogP contribution in [0.1, 0.15) is 149 Å².